The lowest BCUT2D eigenvalue weighted by atomic mass is 9.93. The van der Waals surface area contributed by atoms with Gasteiger partial charge in [0.05, 0.1) is 12.7 Å². The Hall–Kier alpha value is 0.0949. The number of phosphoric ester groups is 1. The van der Waals surface area contributed by atoms with Gasteiger partial charge in [0, 0.05) is 6.00 Å². The van der Waals surface area contributed by atoms with Gasteiger partial charge in [0.2, 0.25) is 0 Å². The number of hydrogen-bond donors (Lipinski definition) is 0. The monoisotopic (exact) mass is 247 g/mol. The van der Waals surface area contributed by atoms with E-state index < -0.39 is 32.1 Å². The first-order valence-corrected chi connectivity index (χ1v) is 6.55. The molecule has 0 aromatic rings. The lowest BCUT2D eigenvalue weighted by molar-refractivity contribution is -0.220. The van der Waals surface area contributed by atoms with Crippen molar-refractivity contribution in [2.75, 3.05) is 6.61 Å². The third-order valence-electron chi connectivity index (χ3n) is 2.44. The van der Waals surface area contributed by atoms with E-state index in [4.69, 9.17) is 26.4 Å². The third-order valence-corrected chi connectivity index (χ3v) is 3.44. The first-order valence-electron chi connectivity index (χ1n) is 5.09. The molecule has 0 saturated carbocycles. The fourth-order valence-corrected chi connectivity index (χ4v) is 2.89. The summed E-state index contributed by atoms with van der Waals surface area (Å²) in [5.74, 6) is 0. The maximum Gasteiger partial charge on any atom is 0.268 e. The van der Waals surface area contributed by atoms with Gasteiger partial charge in [-0.15, -0.1) is 0 Å². The second kappa shape index (κ2) is 4.40. The van der Waals surface area contributed by atoms with Crippen molar-refractivity contribution in [3.05, 3.63) is 0 Å². The molecule has 6 nitrogen and oxygen atoms in total. The Balaban J connectivity index is 1.99. The summed E-state index contributed by atoms with van der Waals surface area (Å²) in [5, 5.41) is 0. The predicted molar refractivity (Wildman–Crippen MR) is 52.9 cm³/mol. The average Bonchev–Trinajstić information content (AvgIpc) is 2.59. The van der Waals surface area contributed by atoms with Gasteiger partial charge in [-0.05, 0) is 13.8 Å². The van der Waals surface area contributed by atoms with Crippen molar-refractivity contribution < 1.29 is 28.0 Å². The van der Waals surface area contributed by atoms with E-state index in [9.17, 15) is 9.46 Å². The predicted octanol–water partition coefficient (Wildman–Crippen LogP) is -0.443. The second-order valence-electron chi connectivity index (χ2n) is 4.11. The van der Waals surface area contributed by atoms with Gasteiger partial charge in [-0.2, -0.15) is 0 Å². The summed E-state index contributed by atoms with van der Waals surface area (Å²) in [6.07, 6.45) is -1.94. The molecule has 0 amide bonds. The second-order valence-corrected chi connectivity index (χ2v) is 5.42. The van der Waals surface area contributed by atoms with Crippen LogP contribution in [0.2, 0.25) is 0 Å². The topological polar surface area (TPSA) is 77.1 Å². The summed E-state index contributed by atoms with van der Waals surface area (Å²) in [7, 11) is 1.39. The van der Waals surface area contributed by atoms with E-state index in [-0.39, 0.29) is 12.7 Å². The fraction of sp³-hybridized carbons (Fsp3) is 1.00. The molecular formula is C8H13BO6P-. The summed E-state index contributed by atoms with van der Waals surface area (Å²) >= 11 is 0. The first-order chi connectivity index (χ1) is 7.39. The molecule has 0 aliphatic carbocycles. The molecule has 2 radical (unpaired) electrons. The molecule has 8 heteroatoms. The van der Waals surface area contributed by atoms with E-state index in [1.807, 2.05) is 13.8 Å². The smallest absolute Gasteiger partial charge is 0.268 e. The van der Waals surface area contributed by atoms with Crippen LogP contribution in [0.3, 0.4) is 0 Å². The van der Waals surface area contributed by atoms with Gasteiger partial charge in [-0.25, -0.2) is 0 Å². The van der Waals surface area contributed by atoms with E-state index in [1.54, 1.807) is 0 Å². The molecule has 0 aromatic heterocycles. The molecule has 2 saturated heterocycles. The first kappa shape index (κ1) is 12.5. The number of hydrogen-bond acceptors (Lipinski definition) is 6. The van der Waals surface area contributed by atoms with Crippen LogP contribution in [0.25, 0.3) is 0 Å². The summed E-state index contributed by atoms with van der Waals surface area (Å²) in [5.41, 5.74) is 0. The molecule has 0 spiro atoms. The Morgan fingerprint density at radius 3 is 2.69 bits per heavy atom. The van der Waals surface area contributed by atoms with Crippen LogP contribution in [-0.4, -0.2) is 44.9 Å². The lowest BCUT2D eigenvalue weighted by Crippen LogP contribution is -2.32. The molecule has 3 unspecified atom stereocenters. The van der Waals surface area contributed by atoms with E-state index in [2.05, 4.69) is 0 Å². The van der Waals surface area contributed by atoms with E-state index >= 15 is 0 Å². The maximum absolute atomic E-state index is 11.1. The van der Waals surface area contributed by atoms with Crippen LogP contribution in [0, 0.1) is 0 Å². The zero-order chi connectivity index (χ0) is 11.9. The zero-order valence-corrected chi connectivity index (χ0v) is 9.96. The van der Waals surface area contributed by atoms with Crippen molar-refractivity contribution >= 4 is 15.7 Å². The van der Waals surface area contributed by atoms with Gasteiger partial charge in [0.25, 0.3) is 7.82 Å². The Labute approximate surface area is 95.2 Å². The minimum absolute atomic E-state index is 0.0280. The van der Waals surface area contributed by atoms with Crippen molar-refractivity contribution in [3.63, 3.8) is 0 Å². The van der Waals surface area contributed by atoms with Crippen molar-refractivity contribution in [1.29, 1.82) is 0 Å². The van der Waals surface area contributed by atoms with E-state index in [0.717, 1.165) is 0 Å². The van der Waals surface area contributed by atoms with Gasteiger partial charge in [0.1, 0.15) is 26.2 Å². The maximum atomic E-state index is 11.1. The van der Waals surface area contributed by atoms with E-state index in [1.165, 1.54) is 0 Å². The molecular weight excluding hydrogens is 234 g/mol. The van der Waals surface area contributed by atoms with Crippen molar-refractivity contribution in [3.8, 4) is 0 Å². The van der Waals surface area contributed by atoms with Crippen molar-refractivity contribution in [1.82, 2.24) is 0 Å². The third kappa shape index (κ3) is 2.50. The molecule has 16 heavy (non-hydrogen) atoms. The zero-order valence-electron chi connectivity index (χ0n) is 9.07. The van der Waals surface area contributed by atoms with Crippen LogP contribution in [0.15, 0.2) is 0 Å². The number of ether oxygens (including phenoxy) is 2. The van der Waals surface area contributed by atoms with Crippen molar-refractivity contribution in [2.45, 2.75) is 44.3 Å². The van der Waals surface area contributed by atoms with Crippen LogP contribution >= 0.6 is 7.82 Å². The van der Waals surface area contributed by atoms with Gasteiger partial charge in [-0.3, -0.25) is 4.57 Å². The van der Waals surface area contributed by atoms with Gasteiger partial charge in [-0.1, -0.05) is 0 Å². The van der Waals surface area contributed by atoms with Gasteiger partial charge < -0.3 is 23.4 Å². The van der Waals surface area contributed by atoms with Gasteiger partial charge in [0.15, 0.2) is 0 Å². The fourth-order valence-electron chi connectivity index (χ4n) is 1.75. The molecule has 2 rings (SSSR count). The molecule has 5 atom stereocenters. The summed E-state index contributed by atoms with van der Waals surface area (Å²) < 4.78 is 31.2. The number of rotatable bonds is 3. The van der Waals surface area contributed by atoms with Crippen LogP contribution in [0.1, 0.15) is 13.8 Å². The molecule has 0 aromatic carbocycles. The Kier molecular flexibility index (Phi) is 3.45. The Morgan fingerprint density at radius 1 is 1.44 bits per heavy atom. The van der Waals surface area contributed by atoms with Crippen LogP contribution in [0.5, 0.6) is 0 Å². The Bertz CT molecular complexity index is 311. The number of phosphoric acid groups is 1. The lowest BCUT2D eigenvalue weighted by Gasteiger charge is -2.21. The standard InChI is InChI=1S/C8H14BO6P/c1-4(2)12-3-5-6-7(8(9)13-5)15-16(10,11)14-6/h4-8H,3H2,1-2H3,(H,10,11)/p-1/t5-,6?,7?,8-/m1/s1. The molecule has 2 heterocycles. The summed E-state index contributed by atoms with van der Waals surface area (Å²) in [6, 6.07) is -0.796. The van der Waals surface area contributed by atoms with Crippen molar-refractivity contribution in [2.24, 2.45) is 0 Å². The Morgan fingerprint density at radius 2 is 2.06 bits per heavy atom. The largest absolute Gasteiger partial charge is 0.756 e. The van der Waals surface area contributed by atoms with Gasteiger partial charge >= 0.3 is 0 Å². The number of fused-ring (bicyclic) bond motifs is 1. The minimum Gasteiger partial charge on any atom is -0.756 e. The molecule has 2 aliphatic rings. The molecule has 2 fully saturated rings. The van der Waals surface area contributed by atoms with Crippen LogP contribution < -0.4 is 4.89 Å². The SMILES string of the molecule is [B][C@@H]1O[C@H](COC(C)C)C2OP(=O)([O-])OC21. The highest BCUT2D eigenvalue weighted by atomic mass is 31.2. The van der Waals surface area contributed by atoms with E-state index in [0.29, 0.717) is 0 Å². The molecule has 90 valence electrons. The molecule has 0 bridgehead atoms. The summed E-state index contributed by atoms with van der Waals surface area (Å²) in [6.45, 7) is 3.98. The average molecular weight is 247 g/mol. The highest BCUT2D eigenvalue weighted by molar-refractivity contribution is 7.46. The van der Waals surface area contributed by atoms with Crippen LogP contribution in [0.4, 0.5) is 0 Å². The highest BCUT2D eigenvalue weighted by Crippen LogP contribution is 2.53. The summed E-state index contributed by atoms with van der Waals surface area (Å²) in [4.78, 5) is 11.1. The van der Waals surface area contributed by atoms with Crippen LogP contribution in [-0.2, 0) is 23.1 Å². The molecule has 0 N–H and O–H groups in total. The quantitative estimate of drug-likeness (QED) is 0.496. The highest BCUT2D eigenvalue weighted by Gasteiger charge is 2.51. The molecule has 2 aliphatic heterocycles. The normalized spacial score (nSPS) is 47.5. The minimum atomic E-state index is -4.21.